The van der Waals surface area contributed by atoms with Gasteiger partial charge in [0, 0.05) is 5.56 Å². The Morgan fingerprint density at radius 2 is 1.62 bits per heavy atom. The first-order valence-electron chi connectivity index (χ1n) is 6.97. The summed E-state index contributed by atoms with van der Waals surface area (Å²) >= 11 is 0.960. The third-order valence-electron chi connectivity index (χ3n) is 3.02. The minimum absolute atomic E-state index is 0.127. The van der Waals surface area contributed by atoms with Gasteiger partial charge < -0.3 is 15.2 Å². The SMILES string of the molecule is O=C(Nc1sc(Oc2ccccc2)nc1C(=O)O)c1ccccc1. The predicted molar refractivity (Wildman–Crippen MR) is 90.0 cm³/mol. The molecule has 0 aliphatic carbocycles. The van der Waals surface area contributed by atoms with Crippen molar-refractivity contribution < 1.29 is 19.4 Å². The van der Waals surface area contributed by atoms with Crippen LogP contribution in [0, 0.1) is 0 Å². The Labute approximate surface area is 141 Å². The van der Waals surface area contributed by atoms with Gasteiger partial charge in [-0.15, -0.1) is 0 Å². The summed E-state index contributed by atoms with van der Waals surface area (Å²) in [6.07, 6.45) is 0. The number of nitrogens with one attached hydrogen (secondary N) is 1. The van der Waals surface area contributed by atoms with E-state index in [2.05, 4.69) is 10.3 Å². The monoisotopic (exact) mass is 340 g/mol. The van der Waals surface area contributed by atoms with E-state index < -0.39 is 11.9 Å². The molecule has 0 aliphatic heterocycles. The largest absolute Gasteiger partial charge is 0.476 e. The first kappa shape index (κ1) is 15.7. The van der Waals surface area contributed by atoms with Crippen LogP contribution in [0.2, 0.25) is 0 Å². The van der Waals surface area contributed by atoms with E-state index in [9.17, 15) is 14.7 Å². The first-order valence-corrected chi connectivity index (χ1v) is 7.78. The lowest BCUT2D eigenvalue weighted by atomic mass is 10.2. The van der Waals surface area contributed by atoms with Crippen LogP contribution in [0.15, 0.2) is 60.7 Å². The summed E-state index contributed by atoms with van der Waals surface area (Å²) in [5.41, 5.74) is 0.169. The summed E-state index contributed by atoms with van der Waals surface area (Å²) < 4.78 is 5.53. The van der Waals surface area contributed by atoms with Gasteiger partial charge in [-0.05, 0) is 24.3 Å². The van der Waals surface area contributed by atoms with Crippen LogP contribution in [0.3, 0.4) is 0 Å². The number of benzene rings is 2. The van der Waals surface area contributed by atoms with Gasteiger partial charge in [0.25, 0.3) is 11.1 Å². The van der Waals surface area contributed by atoms with Crippen molar-refractivity contribution in [3.63, 3.8) is 0 Å². The summed E-state index contributed by atoms with van der Waals surface area (Å²) in [5, 5.41) is 12.1. The molecule has 0 fully saturated rings. The molecule has 0 saturated heterocycles. The van der Waals surface area contributed by atoms with Crippen molar-refractivity contribution in [1.82, 2.24) is 4.98 Å². The van der Waals surface area contributed by atoms with Crippen molar-refractivity contribution in [3.8, 4) is 10.9 Å². The van der Waals surface area contributed by atoms with Crippen molar-refractivity contribution >= 4 is 28.2 Å². The number of hydrogen-bond acceptors (Lipinski definition) is 5. The second-order valence-corrected chi connectivity index (χ2v) is 5.66. The van der Waals surface area contributed by atoms with Gasteiger partial charge in [0.05, 0.1) is 0 Å². The molecule has 1 amide bonds. The second kappa shape index (κ2) is 6.93. The number of carbonyl (C=O) groups is 2. The fourth-order valence-corrected chi connectivity index (χ4v) is 2.75. The van der Waals surface area contributed by atoms with Gasteiger partial charge >= 0.3 is 5.97 Å². The molecule has 2 N–H and O–H groups in total. The standard InChI is InChI=1S/C17H12N2O4S/c20-14(11-7-3-1-4-8-11)19-15-13(16(21)22)18-17(24-15)23-12-9-5-2-6-10-12/h1-10H,(H,19,20)(H,21,22). The maximum Gasteiger partial charge on any atom is 0.357 e. The lowest BCUT2D eigenvalue weighted by Crippen LogP contribution is -2.13. The Balaban J connectivity index is 1.84. The third-order valence-corrected chi connectivity index (χ3v) is 3.87. The molecule has 0 unspecified atom stereocenters. The number of para-hydroxylation sites is 1. The number of ether oxygens (including phenoxy) is 1. The number of aromatic nitrogens is 1. The molecule has 0 radical (unpaired) electrons. The molecule has 0 atom stereocenters. The number of nitrogens with zero attached hydrogens (tertiary/aromatic N) is 1. The molecule has 0 spiro atoms. The van der Waals surface area contributed by atoms with Crippen molar-refractivity contribution in [2.75, 3.05) is 5.32 Å². The second-order valence-electron chi connectivity index (χ2n) is 4.70. The molecule has 3 rings (SSSR count). The average Bonchev–Trinajstić information content (AvgIpc) is 2.99. The summed E-state index contributed by atoms with van der Waals surface area (Å²) in [7, 11) is 0. The van der Waals surface area contributed by atoms with Gasteiger partial charge in [-0.1, -0.05) is 47.7 Å². The minimum Gasteiger partial charge on any atom is -0.476 e. The van der Waals surface area contributed by atoms with Crippen LogP contribution in [0.25, 0.3) is 0 Å². The van der Waals surface area contributed by atoms with E-state index in [1.165, 1.54) is 0 Å². The molecular formula is C17H12N2O4S. The maximum absolute atomic E-state index is 12.2. The Morgan fingerprint density at radius 1 is 1.00 bits per heavy atom. The van der Waals surface area contributed by atoms with Crippen LogP contribution in [-0.2, 0) is 0 Å². The number of carboxylic acid groups (broad SMARTS) is 1. The molecule has 7 heteroatoms. The highest BCUT2D eigenvalue weighted by atomic mass is 32.1. The smallest absolute Gasteiger partial charge is 0.357 e. The average molecular weight is 340 g/mol. The Morgan fingerprint density at radius 3 is 2.25 bits per heavy atom. The van der Waals surface area contributed by atoms with Crippen LogP contribution in [-0.4, -0.2) is 22.0 Å². The zero-order valence-electron chi connectivity index (χ0n) is 12.3. The topological polar surface area (TPSA) is 88.5 Å². The normalized spacial score (nSPS) is 10.2. The fourth-order valence-electron chi connectivity index (χ4n) is 1.93. The number of amides is 1. The van der Waals surface area contributed by atoms with Gasteiger partial charge in [0.15, 0.2) is 5.69 Å². The van der Waals surface area contributed by atoms with Gasteiger partial charge in [-0.3, -0.25) is 4.79 Å². The van der Waals surface area contributed by atoms with E-state index in [0.29, 0.717) is 11.3 Å². The zero-order chi connectivity index (χ0) is 16.9. The van der Waals surface area contributed by atoms with E-state index in [4.69, 9.17) is 4.74 Å². The highest BCUT2D eigenvalue weighted by Gasteiger charge is 2.21. The van der Waals surface area contributed by atoms with Crippen LogP contribution >= 0.6 is 11.3 Å². The first-order chi connectivity index (χ1) is 11.6. The molecular weight excluding hydrogens is 328 g/mol. The minimum atomic E-state index is -1.24. The van der Waals surface area contributed by atoms with Crippen molar-refractivity contribution in [1.29, 1.82) is 0 Å². The number of anilines is 1. The quantitative estimate of drug-likeness (QED) is 0.736. The van der Waals surface area contributed by atoms with Gasteiger partial charge in [0.2, 0.25) is 0 Å². The number of aromatic carboxylic acids is 1. The Bertz CT molecular complexity index is 863. The lowest BCUT2D eigenvalue weighted by molar-refractivity contribution is 0.0692. The van der Waals surface area contributed by atoms with E-state index in [1.807, 2.05) is 6.07 Å². The van der Waals surface area contributed by atoms with E-state index in [-0.39, 0.29) is 15.9 Å². The highest BCUT2D eigenvalue weighted by molar-refractivity contribution is 7.18. The highest BCUT2D eigenvalue weighted by Crippen LogP contribution is 2.33. The molecule has 1 aromatic heterocycles. The number of thiazole rings is 1. The number of hydrogen-bond donors (Lipinski definition) is 2. The van der Waals surface area contributed by atoms with Crippen molar-refractivity contribution in [2.45, 2.75) is 0 Å². The van der Waals surface area contributed by atoms with Crippen LogP contribution in [0.5, 0.6) is 10.9 Å². The third kappa shape index (κ3) is 3.58. The number of carboxylic acids is 1. The van der Waals surface area contributed by atoms with Gasteiger partial charge in [-0.25, -0.2) is 4.79 Å². The zero-order valence-corrected chi connectivity index (χ0v) is 13.1. The lowest BCUT2D eigenvalue weighted by Gasteiger charge is -2.02. The van der Waals surface area contributed by atoms with Gasteiger partial charge in [-0.2, -0.15) is 4.98 Å². The summed E-state index contributed by atoms with van der Waals surface area (Å²) in [6.45, 7) is 0. The van der Waals surface area contributed by atoms with Crippen molar-refractivity contribution in [2.24, 2.45) is 0 Å². The Kier molecular flexibility index (Phi) is 4.53. The van der Waals surface area contributed by atoms with E-state index in [1.54, 1.807) is 54.6 Å². The number of rotatable bonds is 5. The molecule has 6 nitrogen and oxygen atoms in total. The molecule has 0 saturated carbocycles. The summed E-state index contributed by atoms with van der Waals surface area (Å²) in [4.78, 5) is 27.5. The molecule has 0 aliphatic rings. The molecule has 24 heavy (non-hydrogen) atoms. The van der Waals surface area contributed by atoms with Gasteiger partial charge in [0.1, 0.15) is 10.8 Å². The fraction of sp³-hybridized carbons (Fsp3) is 0. The molecule has 120 valence electrons. The molecule has 0 bridgehead atoms. The number of carbonyl (C=O) groups excluding carboxylic acids is 1. The maximum atomic E-state index is 12.2. The molecule has 1 heterocycles. The van der Waals surface area contributed by atoms with Crippen LogP contribution in [0.1, 0.15) is 20.8 Å². The van der Waals surface area contributed by atoms with E-state index >= 15 is 0 Å². The molecule has 2 aromatic carbocycles. The van der Waals surface area contributed by atoms with Crippen LogP contribution in [0.4, 0.5) is 5.00 Å². The summed E-state index contributed by atoms with van der Waals surface area (Å²) in [6, 6.07) is 17.4. The van der Waals surface area contributed by atoms with Crippen molar-refractivity contribution in [3.05, 3.63) is 71.9 Å². The molecule has 3 aromatic rings. The summed E-state index contributed by atoms with van der Waals surface area (Å²) in [5.74, 6) is -1.12. The Hall–Kier alpha value is -3.19. The predicted octanol–water partition coefficient (Wildman–Crippen LogP) is 3.89. The van der Waals surface area contributed by atoms with Crippen LogP contribution < -0.4 is 10.1 Å². The van der Waals surface area contributed by atoms with E-state index in [0.717, 1.165) is 11.3 Å².